The molecule has 0 aliphatic rings. The van der Waals surface area contributed by atoms with Crippen molar-refractivity contribution in [1.29, 1.82) is 0 Å². The van der Waals surface area contributed by atoms with Gasteiger partial charge in [-0.3, -0.25) is 0 Å². The molecule has 3 heteroatoms. The zero-order valence-electron chi connectivity index (χ0n) is 8.83. The average Bonchev–Trinajstić information content (AvgIpc) is 2.18. The highest BCUT2D eigenvalue weighted by Crippen LogP contribution is 2.09. The first-order valence-corrected chi connectivity index (χ1v) is 4.81. The van der Waals surface area contributed by atoms with Gasteiger partial charge in [-0.25, -0.2) is 0 Å². The van der Waals surface area contributed by atoms with Crippen LogP contribution in [0.1, 0.15) is 5.56 Å². The minimum absolute atomic E-state index is 0.100. The van der Waals surface area contributed by atoms with Gasteiger partial charge in [0.2, 0.25) is 0 Å². The molecule has 0 aliphatic carbocycles. The Bertz CT molecular complexity index is 274. The van der Waals surface area contributed by atoms with E-state index in [1.807, 2.05) is 38.4 Å². The van der Waals surface area contributed by atoms with E-state index in [4.69, 9.17) is 5.11 Å². The van der Waals surface area contributed by atoms with Crippen molar-refractivity contribution < 1.29 is 5.11 Å². The van der Waals surface area contributed by atoms with Gasteiger partial charge in [-0.05, 0) is 31.8 Å². The number of aliphatic hydroxyl groups is 1. The Morgan fingerprint density at radius 2 is 2.14 bits per heavy atom. The molecule has 0 saturated heterocycles. The SMILES string of the molecule is CN(C)CCNc1cccc(CO)c1. The molecule has 2 N–H and O–H groups in total. The van der Waals surface area contributed by atoms with Crippen LogP contribution in [0.4, 0.5) is 5.69 Å². The van der Waals surface area contributed by atoms with Gasteiger partial charge in [-0.15, -0.1) is 0 Å². The molecule has 14 heavy (non-hydrogen) atoms. The maximum absolute atomic E-state index is 8.94. The summed E-state index contributed by atoms with van der Waals surface area (Å²) in [7, 11) is 4.09. The highest BCUT2D eigenvalue weighted by molar-refractivity contribution is 5.45. The fourth-order valence-electron chi connectivity index (χ4n) is 1.20. The van der Waals surface area contributed by atoms with Gasteiger partial charge in [0.05, 0.1) is 6.61 Å². The average molecular weight is 194 g/mol. The van der Waals surface area contributed by atoms with E-state index >= 15 is 0 Å². The molecule has 0 aliphatic heterocycles. The number of nitrogens with one attached hydrogen (secondary N) is 1. The van der Waals surface area contributed by atoms with E-state index in [-0.39, 0.29) is 6.61 Å². The summed E-state index contributed by atoms with van der Waals surface area (Å²) in [6.07, 6.45) is 0. The monoisotopic (exact) mass is 194 g/mol. The van der Waals surface area contributed by atoms with Crippen LogP contribution in [0.25, 0.3) is 0 Å². The summed E-state index contributed by atoms with van der Waals surface area (Å²) in [5.41, 5.74) is 2.01. The van der Waals surface area contributed by atoms with Crippen LogP contribution < -0.4 is 5.32 Å². The summed E-state index contributed by atoms with van der Waals surface area (Å²) in [5.74, 6) is 0. The van der Waals surface area contributed by atoms with E-state index in [9.17, 15) is 0 Å². The standard InChI is InChI=1S/C11H18N2O/c1-13(2)7-6-12-11-5-3-4-10(8-11)9-14/h3-5,8,12,14H,6-7,9H2,1-2H3. The van der Waals surface area contributed by atoms with Crippen molar-refractivity contribution in [2.24, 2.45) is 0 Å². The summed E-state index contributed by atoms with van der Waals surface area (Å²) in [6, 6.07) is 7.84. The van der Waals surface area contributed by atoms with E-state index < -0.39 is 0 Å². The lowest BCUT2D eigenvalue weighted by Gasteiger charge is -2.11. The van der Waals surface area contributed by atoms with Gasteiger partial charge >= 0.3 is 0 Å². The minimum atomic E-state index is 0.100. The molecule has 1 rings (SSSR count). The van der Waals surface area contributed by atoms with Gasteiger partial charge in [0.25, 0.3) is 0 Å². The number of hydrogen-bond acceptors (Lipinski definition) is 3. The lowest BCUT2D eigenvalue weighted by Crippen LogP contribution is -2.20. The predicted octanol–water partition coefficient (Wildman–Crippen LogP) is 1.15. The normalized spacial score (nSPS) is 10.6. The van der Waals surface area contributed by atoms with Crippen LogP contribution in [0, 0.1) is 0 Å². The Labute approximate surface area is 85.4 Å². The zero-order valence-corrected chi connectivity index (χ0v) is 8.83. The second-order valence-electron chi connectivity index (χ2n) is 3.59. The quantitative estimate of drug-likeness (QED) is 0.738. The third-order valence-electron chi connectivity index (χ3n) is 2.00. The molecule has 0 heterocycles. The van der Waals surface area contributed by atoms with Gasteiger partial charge in [0.1, 0.15) is 0 Å². The van der Waals surface area contributed by atoms with E-state index in [1.165, 1.54) is 0 Å². The Kier molecular flexibility index (Phi) is 4.43. The first-order valence-electron chi connectivity index (χ1n) is 4.81. The number of aliphatic hydroxyl groups excluding tert-OH is 1. The molecule has 78 valence electrons. The smallest absolute Gasteiger partial charge is 0.0682 e. The van der Waals surface area contributed by atoms with Crippen molar-refractivity contribution in [3.63, 3.8) is 0 Å². The van der Waals surface area contributed by atoms with Crippen molar-refractivity contribution in [2.75, 3.05) is 32.5 Å². The van der Waals surface area contributed by atoms with Gasteiger partial charge in [-0.2, -0.15) is 0 Å². The fourth-order valence-corrected chi connectivity index (χ4v) is 1.20. The lowest BCUT2D eigenvalue weighted by molar-refractivity contribution is 0.282. The lowest BCUT2D eigenvalue weighted by atomic mass is 10.2. The third-order valence-corrected chi connectivity index (χ3v) is 2.00. The fraction of sp³-hybridized carbons (Fsp3) is 0.455. The molecule has 0 atom stereocenters. The number of rotatable bonds is 5. The van der Waals surface area contributed by atoms with Crippen molar-refractivity contribution >= 4 is 5.69 Å². The van der Waals surface area contributed by atoms with Crippen LogP contribution in [0.15, 0.2) is 24.3 Å². The van der Waals surface area contributed by atoms with E-state index in [1.54, 1.807) is 0 Å². The maximum atomic E-state index is 8.94. The molecule has 1 aromatic rings. The van der Waals surface area contributed by atoms with Gasteiger partial charge in [0.15, 0.2) is 0 Å². The molecule has 3 nitrogen and oxygen atoms in total. The zero-order chi connectivity index (χ0) is 10.4. The molecule has 0 bridgehead atoms. The van der Waals surface area contributed by atoms with Crippen LogP contribution in [0.2, 0.25) is 0 Å². The molecule has 0 amide bonds. The Morgan fingerprint density at radius 3 is 2.79 bits per heavy atom. The number of hydrogen-bond donors (Lipinski definition) is 2. The third kappa shape index (κ3) is 3.77. The molecular weight excluding hydrogens is 176 g/mol. The molecule has 0 spiro atoms. The van der Waals surface area contributed by atoms with Gasteiger partial charge in [0, 0.05) is 18.8 Å². The molecule has 0 saturated carbocycles. The number of likely N-dealkylation sites (N-methyl/N-ethyl adjacent to an activating group) is 1. The van der Waals surface area contributed by atoms with Crippen LogP contribution in [0.3, 0.4) is 0 Å². The number of anilines is 1. The Hall–Kier alpha value is -1.06. The summed E-state index contributed by atoms with van der Waals surface area (Å²) < 4.78 is 0. The first-order chi connectivity index (χ1) is 6.72. The topological polar surface area (TPSA) is 35.5 Å². The summed E-state index contributed by atoms with van der Waals surface area (Å²) in [5, 5.41) is 12.2. The second-order valence-corrected chi connectivity index (χ2v) is 3.59. The summed E-state index contributed by atoms with van der Waals surface area (Å²) in [4.78, 5) is 2.13. The summed E-state index contributed by atoms with van der Waals surface area (Å²) >= 11 is 0. The van der Waals surface area contributed by atoms with Crippen LogP contribution in [0.5, 0.6) is 0 Å². The predicted molar refractivity (Wildman–Crippen MR) is 59.4 cm³/mol. The van der Waals surface area contributed by atoms with Gasteiger partial charge < -0.3 is 15.3 Å². The minimum Gasteiger partial charge on any atom is -0.392 e. The molecule has 0 radical (unpaired) electrons. The van der Waals surface area contributed by atoms with E-state index in [0.29, 0.717) is 0 Å². The Balaban J connectivity index is 2.42. The Morgan fingerprint density at radius 1 is 1.36 bits per heavy atom. The van der Waals surface area contributed by atoms with Gasteiger partial charge in [-0.1, -0.05) is 12.1 Å². The van der Waals surface area contributed by atoms with E-state index in [0.717, 1.165) is 24.3 Å². The second kappa shape index (κ2) is 5.62. The number of benzene rings is 1. The highest BCUT2D eigenvalue weighted by atomic mass is 16.3. The molecule has 0 aromatic heterocycles. The van der Waals surface area contributed by atoms with Crippen molar-refractivity contribution in [3.05, 3.63) is 29.8 Å². The highest BCUT2D eigenvalue weighted by Gasteiger charge is 1.94. The number of nitrogens with zero attached hydrogens (tertiary/aromatic N) is 1. The van der Waals surface area contributed by atoms with E-state index in [2.05, 4.69) is 10.2 Å². The molecule has 0 unspecified atom stereocenters. The first kappa shape index (κ1) is 11.0. The largest absolute Gasteiger partial charge is 0.392 e. The van der Waals surface area contributed by atoms with Crippen molar-refractivity contribution in [3.8, 4) is 0 Å². The molecule has 1 aromatic carbocycles. The molecular formula is C11H18N2O. The van der Waals surface area contributed by atoms with Crippen LogP contribution >= 0.6 is 0 Å². The van der Waals surface area contributed by atoms with Crippen LogP contribution in [-0.2, 0) is 6.61 Å². The van der Waals surface area contributed by atoms with Crippen LogP contribution in [-0.4, -0.2) is 37.2 Å². The maximum Gasteiger partial charge on any atom is 0.0682 e. The molecule has 0 fully saturated rings. The summed E-state index contributed by atoms with van der Waals surface area (Å²) in [6.45, 7) is 2.02. The van der Waals surface area contributed by atoms with Crippen molar-refractivity contribution in [2.45, 2.75) is 6.61 Å². The van der Waals surface area contributed by atoms with Crippen molar-refractivity contribution in [1.82, 2.24) is 4.90 Å².